The lowest BCUT2D eigenvalue weighted by atomic mass is 10.1. The van der Waals surface area contributed by atoms with Crippen LogP contribution in [0, 0.1) is 6.92 Å². The maximum Gasteiger partial charge on any atom is 0.119 e. The van der Waals surface area contributed by atoms with Crippen molar-refractivity contribution in [2.75, 3.05) is 7.11 Å². The van der Waals surface area contributed by atoms with Crippen LogP contribution >= 0.6 is 9.24 Å². The summed E-state index contributed by atoms with van der Waals surface area (Å²) in [5.41, 5.74) is 3.79. The van der Waals surface area contributed by atoms with Gasteiger partial charge in [-0.25, -0.2) is 0 Å². The normalized spacial score (nSPS) is 11.3. The van der Waals surface area contributed by atoms with Gasteiger partial charge in [0.25, 0.3) is 0 Å². The second kappa shape index (κ2) is 9.55. The second-order valence-corrected chi connectivity index (χ2v) is 5.29. The Balaban J connectivity index is 0.00000106. The lowest BCUT2D eigenvalue weighted by molar-refractivity contribution is 0.414. The molecule has 1 N–H and O–H groups in total. The summed E-state index contributed by atoms with van der Waals surface area (Å²) in [6, 6.07) is 16.7. The molecule has 0 aliphatic carbocycles. The summed E-state index contributed by atoms with van der Waals surface area (Å²) in [5, 5.41) is 3.50. The monoisotopic (exact) mass is 303 g/mol. The fourth-order valence-corrected chi connectivity index (χ4v) is 2.32. The molecule has 0 fully saturated rings. The molecule has 0 amide bonds. The van der Waals surface area contributed by atoms with Crippen LogP contribution in [-0.2, 0) is 6.54 Å². The average Bonchev–Trinajstić information content (AvgIpc) is 2.54. The molecule has 2 unspecified atom stereocenters. The fraction of sp³-hybridized carbons (Fsp3) is 0.333. The van der Waals surface area contributed by atoms with Gasteiger partial charge in [-0.3, -0.25) is 0 Å². The lowest BCUT2D eigenvalue weighted by Gasteiger charge is -2.15. The van der Waals surface area contributed by atoms with E-state index in [0.717, 1.165) is 12.3 Å². The fourth-order valence-electron chi connectivity index (χ4n) is 1.99. The van der Waals surface area contributed by atoms with Gasteiger partial charge in [0.15, 0.2) is 0 Å². The van der Waals surface area contributed by atoms with Gasteiger partial charge in [-0.05, 0) is 30.2 Å². The van der Waals surface area contributed by atoms with Crippen molar-refractivity contribution < 1.29 is 4.74 Å². The van der Waals surface area contributed by atoms with E-state index in [1.807, 2.05) is 26.0 Å². The number of hydrogen-bond acceptors (Lipinski definition) is 2. The number of hydrogen-bond donors (Lipinski definition) is 1. The third-order valence-corrected chi connectivity index (χ3v) is 3.68. The van der Waals surface area contributed by atoms with Crippen LogP contribution in [-0.4, -0.2) is 7.11 Å². The number of benzene rings is 2. The topological polar surface area (TPSA) is 21.3 Å². The van der Waals surface area contributed by atoms with Crippen LogP contribution in [0.3, 0.4) is 0 Å². The minimum Gasteiger partial charge on any atom is -0.497 e. The number of aryl methyl sites for hydroxylation is 1. The molecular formula is C18H26NOP. The van der Waals surface area contributed by atoms with Crippen molar-refractivity contribution in [2.45, 2.75) is 33.1 Å². The van der Waals surface area contributed by atoms with E-state index in [2.05, 4.69) is 57.9 Å². The maximum atomic E-state index is 5.23. The van der Waals surface area contributed by atoms with Gasteiger partial charge in [0.1, 0.15) is 5.75 Å². The highest BCUT2D eigenvalue weighted by Gasteiger charge is 2.05. The Morgan fingerprint density at radius 1 is 1.10 bits per heavy atom. The molecule has 2 aromatic carbocycles. The van der Waals surface area contributed by atoms with E-state index in [1.165, 1.54) is 16.7 Å². The van der Waals surface area contributed by atoms with Gasteiger partial charge in [0, 0.05) is 12.3 Å². The van der Waals surface area contributed by atoms with Gasteiger partial charge in [-0.15, -0.1) is 9.24 Å². The van der Waals surface area contributed by atoms with Crippen LogP contribution in [0.25, 0.3) is 0 Å². The first kappa shape index (κ1) is 17.7. The molecule has 0 aliphatic rings. The molecule has 2 nitrogen and oxygen atoms in total. The van der Waals surface area contributed by atoms with Crippen LogP contribution < -0.4 is 10.1 Å². The molecule has 2 rings (SSSR count). The van der Waals surface area contributed by atoms with E-state index in [1.54, 1.807) is 7.11 Å². The molecule has 21 heavy (non-hydrogen) atoms. The Kier molecular flexibility index (Phi) is 8.04. The molecule has 0 aliphatic heterocycles. The summed E-state index contributed by atoms with van der Waals surface area (Å²) >= 11 is 0. The second-order valence-electron chi connectivity index (χ2n) is 4.62. The molecule has 114 valence electrons. The number of ether oxygens (including phenoxy) is 1. The van der Waals surface area contributed by atoms with Crippen molar-refractivity contribution in [1.29, 1.82) is 0 Å². The SMILES string of the molecule is CC.COc1cccc(CNC(P)c2cccc(C)c2)c1. The van der Waals surface area contributed by atoms with Gasteiger partial charge in [0.2, 0.25) is 0 Å². The molecule has 0 saturated carbocycles. The number of rotatable bonds is 5. The van der Waals surface area contributed by atoms with Crippen molar-refractivity contribution in [1.82, 2.24) is 5.32 Å². The zero-order valence-corrected chi connectivity index (χ0v) is 14.5. The quantitative estimate of drug-likeness (QED) is 0.809. The largest absolute Gasteiger partial charge is 0.497 e. The number of nitrogens with one attached hydrogen (secondary N) is 1. The van der Waals surface area contributed by atoms with Crippen LogP contribution in [0.15, 0.2) is 48.5 Å². The van der Waals surface area contributed by atoms with E-state index >= 15 is 0 Å². The van der Waals surface area contributed by atoms with Crippen molar-refractivity contribution in [3.05, 3.63) is 65.2 Å². The highest BCUT2D eigenvalue weighted by molar-refractivity contribution is 7.17. The van der Waals surface area contributed by atoms with Crippen molar-refractivity contribution in [3.63, 3.8) is 0 Å². The van der Waals surface area contributed by atoms with Crippen molar-refractivity contribution >= 4 is 9.24 Å². The molecule has 0 spiro atoms. The van der Waals surface area contributed by atoms with Crippen LogP contribution in [0.5, 0.6) is 5.75 Å². The van der Waals surface area contributed by atoms with Gasteiger partial charge in [-0.1, -0.05) is 55.8 Å². The summed E-state index contributed by atoms with van der Waals surface area (Å²) in [6.07, 6.45) is 0. The van der Waals surface area contributed by atoms with Gasteiger partial charge < -0.3 is 10.1 Å². The Morgan fingerprint density at radius 3 is 2.48 bits per heavy atom. The Bertz CT molecular complexity index is 542. The third kappa shape index (κ3) is 5.87. The van der Waals surface area contributed by atoms with E-state index in [-0.39, 0.29) is 5.78 Å². The van der Waals surface area contributed by atoms with Gasteiger partial charge >= 0.3 is 0 Å². The first-order chi connectivity index (χ1) is 10.2. The molecule has 3 heteroatoms. The highest BCUT2D eigenvalue weighted by atomic mass is 31.0. The third-order valence-electron chi connectivity index (χ3n) is 3.06. The zero-order chi connectivity index (χ0) is 15.7. The standard InChI is InChI=1S/C16H20NOP.C2H6/c1-12-5-3-7-14(9-12)16(19)17-11-13-6-4-8-15(10-13)18-2;1-2/h3-10,16-17H,11,19H2,1-2H3;1-2H3. The summed E-state index contributed by atoms with van der Waals surface area (Å²) < 4.78 is 5.23. The molecule has 0 bridgehead atoms. The summed E-state index contributed by atoms with van der Waals surface area (Å²) in [4.78, 5) is 0. The maximum absolute atomic E-state index is 5.23. The smallest absolute Gasteiger partial charge is 0.119 e. The molecular weight excluding hydrogens is 277 g/mol. The Morgan fingerprint density at radius 2 is 1.81 bits per heavy atom. The van der Waals surface area contributed by atoms with Crippen LogP contribution in [0.4, 0.5) is 0 Å². The number of methoxy groups -OCH3 is 1. The summed E-state index contributed by atoms with van der Waals surface area (Å²) in [6.45, 7) is 6.93. The van der Waals surface area contributed by atoms with E-state index in [9.17, 15) is 0 Å². The first-order valence-corrected chi connectivity index (χ1v) is 8.04. The minimum atomic E-state index is 0.256. The van der Waals surface area contributed by atoms with Crippen molar-refractivity contribution in [2.24, 2.45) is 0 Å². The highest BCUT2D eigenvalue weighted by Crippen LogP contribution is 2.21. The molecule has 2 aromatic rings. The predicted molar refractivity (Wildman–Crippen MR) is 94.8 cm³/mol. The summed E-state index contributed by atoms with van der Waals surface area (Å²) in [5.74, 6) is 1.15. The van der Waals surface area contributed by atoms with Crippen molar-refractivity contribution in [3.8, 4) is 5.75 Å². The van der Waals surface area contributed by atoms with Crippen LogP contribution in [0.2, 0.25) is 0 Å². The molecule has 0 radical (unpaired) electrons. The first-order valence-electron chi connectivity index (χ1n) is 7.37. The molecule has 0 aromatic heterocycles. The van der Waals surface area contributed by atoms with E-state index in [0.29, 0.717) is 0 Å². The van der Waals surface area contributed by atoms with Gasteiger partial charge in [0.05, 0.1) is 7.11 Å². The minimum absolute atomic E-state index is 0.256. The van der Waals surface area contributed by atoms with Crippen LogP contribution in [0.1, 0.15) is 36.3 Å². The summed E-state index contributed by atoms with van der Waals surface area (Å²) in [7, 11) is 4.54. The average molecular weight is 303 g/mol. The molecule has 2 atom stereocenters. The van der Waals surface area contributed by atoms with Gasteiger partial charge in [-0.2, -0.15) is 0 Å². The van der Waals surface area contributed by atoms with E-state index < -0.39 is 0 Å². The lowest BCUT2D eigenvalue weighted by Crippen LogP contribution is -2.15. The zero-order valence-electron chi connectivity index (χ0n) is 13.4. The molecule has 0 heterocycles. The Labute approximate surface area is 131 Å². The Hall–Kier alpha value is -1.37. The van der Waals surface area contributed by atoms with E-state index in [4.69, 9.17) is 4.74 Å². The molecule has 0 saturated heterocycles. The predicted octanol–water partition coefficient (Wildman–Crippen LogP) is 4.69.